The summed E-state index contributed by atoms with van der Waals surface area (Å²) in [5.41, 5.74) is -0.701. The molecule has 3 heterocycles. The third-order valence-electron chi connectivity index (χ3n) is 8.08. The second kappa shape index (κ2) is 12.1. The zero-order valence-corrected chi connectivity index (χ0v) is 23.6. The molecule has 0 bridgehead atoms. The molecule has 2 fully saturated rings. The first-order valence-electron chi connectivity index (χ1n) is 13.8. The minimum Gasteiger partial charge on any atom is -0.378 e. The molecule has 2 saturated heterocycles. The lowest BCUT2D eigenvalue weighted by molar-refractivity contribution is 0.101. The average molecular weight is 588 g/mol. The van der Waals surface area contributed by atoms with Crippen molar-refractivity contribution in [3.05, 3.63) is 75.7 Å². The van der Waals surface area contributed by atoms with Crippen LogP contribution < -0.4 is 20.7 Å². The third-order valence-corrected chi connectivity index (χ3v) is 8.08. The van der Waals surface area contributed by atoms with Gasteiger partial charge < -0.3 is 24.8 Å². The van der Waals surface area contributed by atoms with Gasteiger partial charge >= 0.3 is 0 Å². The van der Waals surface area contributed by atoms with Crippen molar-refractivity contribution in [2.24, 2.45) is 0 Å². The number of aromatic nitrogens is 1. The summed E-state index contributed by atoms with van der Waals surface area (Å²) in [6.45, 7) is 7.11. The Morgan fingerprint density at radius 1 is 0.976 bits per heavy atom. The number of ether oxygens (including phenoxy) is 1. The van der Waals surface area contributed by atoms with Gasteiger partial charge in [-0.05, 0) is 50.7 Å². The summed E-state index contributed by atoms with van der Waals surface area (Å²) in [4.78, 5) is 33.2. The van der Waals surface area contributed by atoms with Gasteiger partial charge in [0.15, 0.2) is 0 Å². The summed E-state index contributed by atoms with van der Waals surface area (Å²) in [5, 5.41) is 2.66. The number of carbonyl (C=O) groups excluding carboxylic acids is 1. The highest BCUT2D eigenvalue weighted by atomic mass is 19.3. The molecule has 0 spiro atoms. The molecular formula is C30H33F4N5O3. The largest absolute Gasteiger partial charge is 0.378 e. The molecule has 2 aromatic carbocycles. The number of morpholine rings is 1. The van der Waals surface area contributed by atoms with Gasteiger partial charge in [-0.2, -0.15) is 0 Å². The minimum atomic E-state index is -3.07. The number of nitrogens with one attached hydrogen (secondary N) is 2. The van der Waals surface area contributed by atoms with Gasteiger partial charge in [-0.15, -0.1) is 0 Å². The van der Waals surface area contributed by atoms with E-state index in [1.165, 1.54) is 18.2 Å². The Morgan fingerprint density at radius 2 is 1.67 bits per heavy atom. The van der Waals surface area contributed by atoms with E-state index >= 15 is 8.78 Å². The summed E-state index contributed by atoms with van der Waals surface area (Å²) >= 11 is 0. The molecule has 5 rings (SSSR count). The van der Waals surface area contributed by atoms with Gasteiger partial charge in [0.2, 0.25) is 5.56 Å². The Kier molecular flexibility index (Phi) is 8.55. The van der Waals surface area contributed by atoms with Crippen molar-refractivity contribution in [1.82, 2.24) is 9.88 Å². The van der Waals surface area contributed by atoms with Gasteiger partial charge in [0.05, 0.1) is 35.8 Å². The van der Waals surface area contributed by atoms with E-state index < -0.39 is 40.7 Å². The molecule has 0 aliphatic carbocycles. The van der Waals surface area contributed by atoms with E-state index in [9.17, 15) is 18.4 Å². The van der Waals surface area contributed by atoms with Crippen LogP contribution in [0.3, 0.4) is 0 Å². The van der Waals surface area contributed by atoms with Crippen LogP contribution in [0.15, 0.2) is 47.4 Å². The molecule has 1 amide bonds. The SMILES string of the molecule is C[C@@H]1CN(c2cc(F)c(-c3ccc(N4CCOCC4)c(F)c3)cc2NC(=O)c2c[nH]c(=O)cc2C(F)F)C[C@H](C)N1C. The molecule has 0 saturated carbocycles. The number of benzene rings is 2. The van der Waals surface area contributed by atoms with Crippen LogP contribution in [-0.4, -0.2) is 74.3 Å². The predicted octanol–water partition coefficient (Wildman–Crippen LogP) is 4.88. The molecule has 0 radical (unpaired) electrons. The first kappa shape index (κ1) is 29.6. The van der Waals surface area contributed by atoms with Gasteiger partial charge in [0.1, 0.15) is 11.6 Å². The summed E-state index contributed by atoms with van der Waals surface area (Å²) in [7, 11) is 2.00. The summed E-state index contributed by atoms with van der Waals surface area (Å²) in [6, 6.07) is 8.00. The Balaban J connectivity index is 1.56. The van der Waals surface area contributed by atoms with Crippen LogP contribution in [-0.2, 0) is 4.74 Å². The van der Waals surface area contributed by atoms with Gasteiger partial charge in [-0.25, -0.2) is 17.6 Å². The topological polar surface area (TPSA) is 80.9 Å². The molecular weight excluding hydrogens is 554 g/mol. The number of carbonyl (C=O) groups is 1. The van der Waals surface area contributed by atoms with E-state index in [1.807, 2.05) is 30.7 Å². The first-order valence-corrected chi connectivity index (χ1v) is 13.8. The summed E-state index contributed by atoms with van der Waals surface area (Å²) in [5.74, 6) is -2.05. The Hall–Kier alpha value is -3.90. The van der Waals surface area contributed by atoms with Crippen LogP contribution in [0.1, 0.15) is 36.2 Å². The monoisotopic (exact) mass is 587 g/mol. The lowest BCUT2D eigenvalue weighted by Gasteiger charge is -2.44. The van der Waals surface area contributed by atoms with Crippen molar-refractivity contribution < 1.29 is 27.1 Å². The molecule has 12 heteroatoms. The number of piperazine rings is 1. The fourth-order valence-electron chi connectivity index (χ4n) is 5.54. The van der Waals surface area contributed by atoms with Crippen LogP contribution in [0.25, 0.3) is 11.1 Å². The number of halogens is 4. The van der Waals surface area contributed by atoms with E-state index in [4.69, 9.17) is 4.74 Å². The second-order valence-corrected chi connectivity index (χ2v) is 10.8. The van der Waals surface area contributed by atoms with E-state index in [2.05, 4.69) is 15.2 Å². The number of anilines is 3. The zero-order chi connectivity index (χ0) is 30.1. The van der Waals surface area contributed by atoms with Crippen LogP contribution in [0, 0.1) is 11.6 Å². The minimum absolute atomic E-state index is 0.0345. The number of alkyl halides is 2. The van der Waals surface area contributed by atoms with E-state index in [1.54, 1.807) is 12.1 Å². The Bertz CT molecular complexity index is 1510. The number of nitrogens with zero attached hydrogens (tertiary/aromatic N) is 3. The molecule has 224 valence electrons. The summed E-state index contributed by atoms with van der Waals surface area (Å²) < 4.78 is 63.7. The fourth-order valence-corrected chi connectivity index (χ4v) is 5.54. The smallest absolute Gasteiger partial charge is 0.264 e. The van der Waals surface area contributed by atoms with Crippen LogP contribution in [0.4, 0.5) is 34.6 Å². The maximum Gasteiger partial charge on any atom is 0.264 e. The van der Waals surface area contributed by atoms with Crippen molar-refractivity contribution in [2.45, 2.75) is 32.4 Å². The normalized spacial score (nSPS) is 19.8. The van der Waals surface area contributed by atoms with Crippen LogP contribution >= 0.6 is 0 Å². The number of likely N-dealkylation sites (N-methyl/N-ethyl adjacent to an activating group) is 1. The fraction of sp³-hybridized carbons (Fsp3) is 0.400. The molecule has 2 aliphatic rings. The lowest BCUT2D eigenvalue weighted by Crippen LogP contribution is -2.55. The second-order valence-electron chi connectivity index (χ2n) is 10.8. The molecule has 2 atom stereocenters. The quantitative estimate of drug-likeness (QED) is 0.401. The number of amides is 1. The molecule has 42 heavy (non-hydrogen) atoms. The van der Waals surface area contributed by atoms with E-state index in [0.717, 1.165) is 6.20 Å². The number of hydrogen-bond acceptors (Lipinski definition) is 6. The predicted molar refractivity (Wildman–Crippen MR) is 154 cm³/mol. The number of H-pyrrole nitrogens is 1. The third kappa shape index (κ3) is 6.00. The maximum atomic E-state index is 15.8. The molecule has 2 N–H and O–H groups in total. The molecule has 0 unspecified atom stereocenters. The molecule has 8 nitrogen and oxygen atoms in total. The van der Waals surface area contributed by atoms with Gasteiger partial charge in [0.25, 0.3) is 12.3 Å². The van der Waals surface area contributed by atoms with E-state index in [0.29, 0.717) is 56.8 Å². The molecule has 1 aromatic heterocycles. The molecule has 3 aromatic rings. The van der Waals surface area contributed by atoms with Crippen molar-refractivity contribution in [1.29, 1.82) is 0 Å². The van der Waals surface area contributed by atoms with Crippen LogP contribution in [0.2, 0.25) is 0 Å². The zero-order valence-electron chi connectivity index (χ0n) is 23.6. The molecule has 2 aliphatic heterocycles. The first-order chi connectivity index (χ1) is 20.0. The van der Waals surface area contributed by atoms with Crippen molar-refractivity contribution >= 4 is 23.0 Å². The number of pyridine rings is 1. The average Bonchev–Trinajstić information content (AvgIpc) is 2.96. The Morgan fingerprint density at radius 3 is 2.31 bits per heavy atom. The maximum absolute atomic E-state index is 15.8. The van der Waals surface area contributed by atoms with Gasteiger partial charge in [-0.1, -0.05) is 6.07 Å². The number of rotatable bonds is 6. The van der Waals surface area contributed by atoms with Crippen LogP contribution in [0.5, 0.6) is 0 Å². The number of aromatic amines is 1. The van der Waals surface area contributed by atoms with Crippen molar-refractivity contribution in [3.63, 3.8) is 0 Å². The van der Waals surface area contributed by atoms with Gasteiger partial charge in [-0.3, -0.25) is 14.5 Å². The standard InChI is InChI=1S/C30H33F4N5O3/c1-17-15-39(16-18(2)37(17)3)27-13-23(31)20(19-4-5-26(24(32)10-19)38-6-8-42-9-7-38)11-25(27)36-30(41)22-14-35-28(40)12-21(22)29(33)34/h4-5,10-14,17-18,29H,6-9,15-16H2,1-3H3,(H,35,40)(H,36,41)/t17-,18+. The summed E-state index contributed by atoms with van der Waals surface area (Å²) in [6.07, 6.45) is -2.13. The highest BCUT2D eigenvalue weighted by Gasteiger charge is 2.30. The van der Waals surface area contributed by atoms with Crippen molar-refractivity contribution in [3.8, 4) is 11.1 Å². The van der Waals surface area contributed by atoms with Gasteiger partial charge in [0, 0.05) is 61.7 Å². The number of hydrogen-bond donors (Lipinski definition) is 2. The highest BCUT2D eigenvalue weighted by Crippen LogP contribution is 2.37. The lowest BCUT2D eigenvalue weighted by atomic mass is 10.0. The van der Waals surface area contributed by atoms with E-state index in [-0.39, 0.29) is 28.9 Å². The van der Waals surface area contributed by atoms with Crippen molar-refractivity contribution in [2.75, 3.05) is 61.6 Å². The highest BCUT2D eigenvalue weighted by molar-refractivity contribution is 6.07. The Labute approximate surface area is 240 Å².